The maximum Gasteiger partial charge on any atom is 0.253 e. The first-order valence-electron chi connectivity index (χ1n) is 6.12. The number of nitrogens with zero attached hydrogens (tertiary/aromatic N) is 1. The number of amides is 1. The van der Waals surface area contributed by atoms with Gasteiger partial charge in [0, 0.05) is 12.1 Å². The summed E-state index contributed by atoms with van der Waals surface area (Å²) in [5.41, 5.74) is 0.319. The Morgan fingerprint density at radius 2 is 2.32 bits per heavy atom. The van der Waals surface area contributed by atoms with Gasteiger partial charge in [-0.15, -0.1) is 0 Å². The minimum Gasteiger partial charge on any atom is -0.310 e. The summed E-state index contributed by atoms with van der Waals surface area (Å²) in [5.74, 6) is 3.02. The van der Waals surface area contributed by atoms with Crippen LogP contribution in [0.15, 0.2) is 18.3 Å². The van der Waals surface area contributed by atoms with Gasteiger partial charge in [0.15, 0.2) is 0 Å². The van der Waals surface area contributed by atoms with E-state index in [1.54, 1.807) is 12.1 Å². The SMILES string of the molecule is CC(C(=O)Nc1ccc(C(=O)Cl)cn1)C1CCSC1. The van der Waals surface area contributed by atoms with Crippen LogP contribution in [0.1, 0.15) is 23.7 Å². The molecule has 0 aliphatic carbocycles. The molecule has 19 heavy (non-hydrogen) atoms. The summed E-state index contributed by atoms with van der Waals surface area (Å²) in [6.45, 7) is 1.95. The van der Waals surface area contributed by atoms with E-state index in [2.05, 4.69) is 10.3 Å². The molecule has 0 radical (unpaired) electrons. The number of anilines is 1. The van der Waals surface area contributed by atoms with E-state index in [9.17, 15) is 9.59 Å². The van der Waals surface area contributed by atoms with Crippen molar-refractivity contribution in [2.45, 2.75) is 13.3 Å². The number of hydrogen-bond donors (Lipinski definition) is 1. The number of aromatic nitrogens is 1. The zero-order chi connectivity index (χ0) is 13.8. The number of thioether (sulfide) groups is 1. The third-order valence-electron chi connectivity index (χ3n) is 3.33. The van der Waals surface area contributed by atoms with Gasteiger partial charge in [-0.25, -0.2) is 4.98 Å². The van der Waals surface area contributed by atoms with Gasteiger partial charge in [0.2, 0.25) is 5.91 Å². The van der Waals surface area contributed by atoms with Crippen molar-refractivity contribution in [3.05, 3.63) is 23.9 Å². The van der Waals surface area contributed by atoms with Crippen LogP contribution in [0.2, 0.25) is 0 Å². The maximum absolute atomic E-state index is 12.1. The summed E-state index contributed by atoms with van der Waals surface area (Å²) in [5, 5.41) is 2.22. The first-order chi connectivity index (χ1) is 9.08. The monoisotopic (exact) mass is 298 g/mol. The molecule has 1 aromatic heterocycles. The zero-order valence-corrected chi connectivity index (χ0v) is 12.1. The molecule has 0 aromatic carbocycles. The molecule has 6 heteroatoms. The third kappa shape index (κ3) is 3.70. The predicted molar refractivity (Wildman–Crippen MR) is 77.6 cm³/mol. The lowest BCUT2D eigenvalue weighted by molar-refractivity contribution is -0.120. The smallest absolute Gasteiger partial charge is 0.253 e. The van der Waals surface area contributed by atoms with Crippen LogP contribution in [0.25, 0.3) is 0 Å². The summed E-state index contributed by atoms with van der Waals surface area (Å²) in [6, 6.07) is 3.14. The minimum absolute atomic E-state index is 0.0221. The van der Waals surface area contributed by atoms with Crippen LogP contribution < -0.4 is 5.32 Å². The van der Waals surface area contributed by atoms with Gasteiger partial charge in [-0.1, -0.05) is 6.92 Å². The normalized spacial score (nSPS) is 20.0. The van der Waals surface area contributed by atoms with Gasteiger partial charge in [0.05, 0.1) is 5.56 Å². The molecule has 2 atom stereocenters. The molecule has 2 heterocycles. The fourth-order valence-corrected chi connectivity index (χ4v) is 3.49. The quantitative estimate of drug-likeness (QED) is 0.868. The van der Waals surface area contributed by atoms with Crippen LogP contribution in [0.5, 0.6) is 0 Å². The van der Waals surface area contributed by atoms with Gasteiger partial charge >= 0.3 is 0 Å². The van der Waals surface area contributed by atoms with Gasteiger partial charge in [-0.3, -0.25) is 9.59 Å². The van der Waals surface area contributed by atoms with Gasteiger partial charge in [-0.05, 0) is 47.6 Å². The van der Waals surface area contributed by atoms with Crippen LogP contribution in [-0.2, 0) is 4.79 Å². The van der Waals surface area contributed by atoms with Crippen molar-refractivity contribution < 1.29 is 9.59 Å². The highest BCUT2D eigenvalue weighted by Gasteiger charge is 2.27. The van der Waals surface area contributed by atoms with Crippen LogP contribution >= 0.6 is 23.4 Å². The number of pyridine rings is 1. The Morgan fingerprint density at radius 1 is 1.53 bits per heavy atom. The molecule has 2 rings (SSSR count). The largest absolute Gasteiger partial charge is 0.310 e. The van der Waals surface area contributed by atoms with Crippen LogP contribution in [0, 0.1) is 11.8 Å². The van der Waals surface area contributed by atoms with E-state index < -0.39 is 5.24 Å². The van der Waals surface area contributed by atoms with E-state index in [-0.39, 0.29) is 11.8 Å². The van der Waals surface area contributed by atoms with Crippen molar-refractivity contribution in [2.24, 2.45) is 11.8 Å². The molecule has 0 saturated carbocycles. The second kappa shape index (κ2) is 6.39. The molecule has 1 saturated heterocycles. The Hall–Kier alpha value is -1.07. The van der Waals surface area contributed by atoms with E-state index in [1.807, 2.05) is 18.7 Å². The lowest BCUT2D eigenvalue weighted by atomic mass is 9.93. The summed E-state index contributed by atoms with van der Waals surface area (Å²) < 4.78 is 0. The number of hydrogen-bond acceptors (Lipinski definition) is 4. The van der Waals surface area contributed by atoms with E-state index in [0.29, 0.717) is 17.3 Å². The zero-order valence-electron chi connectivity index (χ0n) is 10.6. The Morgan fingerprint density at radius 3 is 2.84 bits per heavy atom. The fraction of sp³-hybridized carbons (Fsp3) is 0.462. The molecule has 0 spiro atoms. The average Bonchev–Trinajstić information content (AvgIpc) is 2.92. The Labute approximate surface area is 121 Å². The highest BCUT2D eigenvalue weighted by Crippen LogP contribution is 2.30. The van der Waals surface area contributed by atoms with Crippen LogP contribution in [-0.4, -0.2) is 27.6 Å². The second-order valence-electron chi connectivity index (χ2n) is 4.61. The van der Waals surface area contributed by atoms with Crippen molar-refractivity contribution in [1.29, 1.82) is 0 Å². The molecular weight excluding hydrogens is 284 g/mol. The third-order valence-corrected chi connectivity index (χ3v) is 4.73. The molecule has 1 aliphatic heterocycles. The van der Waals surface area contributed by atoms with Crippen molar-refractivity contribution in [2.75, 3.05) is 16.8 Å². The van der Waals surface area contributed by atoms with Crippen molar-refractivity contribution >= 4 is 40.3 Å². The number of halogens is 1. The molecule has 1 aromatic rings. The molecule has 1 N–H and O–H groups in total. The number of carbonyl (C=O) groups excluding carboxylic acids is 2. The molecular formula is C13H15ClN2O2S. The minimum atomic E-state index is -0.554. The van der Waals surface area contributed by atoms with E-state index in [4.69, 9.17) is 11.6 Å². The first-order valence-corrected chi connectivity index (χ1v) is 7.65. The average molecular weight is 299 g/mol. The highest BCUT2D eigenvalue weighted by atomic mass is 35.5. The first kappa shape index (κ1) is 14.3. The number of carbonyl (C=O) groups is 2. The molecule has 1 aliphatic rings. The molecule has 1 fully saturated rings. The van der Waals surface area contributed by atoms with Crippen LogP contribution in [0.4, 0.5) is 5.82 Å². The van der Waals surface area contributed by atoms with Crippen LogP contribution in [0.3, 0.4) is 0 Å². The summed E-state index contributed by atoms with van der Waals surface area (Å²) in [7, 11) is 0. The second-order valence-corrected chi connectivity index (χ2v) is 6.10. The standard InChI is InChI=1S/C13H15ClN2O2S/c1-8(10-4-5-19-7-10)13(18)16-11-3-2-9(6-15-11)12(14)17/h2-3,6,8,10H,4-5,7H2,1H3,(H,15,16,18). The molecule has 4 nitrogen and oxygen atoms in total. The van der Waals surface area contributed by atoms with Gasteiger partial charge in [0.1, 0.15) is 5.82 Å². The van der Waals surface area contributed by atoms with E-state index >= 15 is 0 Å². The maximum atomic E-state index is 12.1. The Bertz CT molecular complexity index is 472. The molecule has 2 unspecified atom stereocenters. The fourth-order valence-electron chi connectivity index (χ4n) is 1.99. The summed E-state index contributed by atoms with van der Waals surface area (Å²) in [4.78, 5) is 27.0. The lowest BCUT2D eigenvalue weighted by Gasteiger charge is -2.17. The van der Waals surface area contributed by atoms with Gasteiger partial charge in [0.25, 0.3) is 5.24 Å². The van der Waals surface area contributed by atoms with Gasteiger partial charge < -0.3 is 5.32 Å². The predicted octanol–water partition coefficient (Wildman–Crippen LogP) is 2.79. The van der Waals surface area contributed by atoms with Gasteiger partial charge in [-0.2, -0.15) is 11.8 Å². The summed E-state index contributed by atoms with van der Waals surface area (Å²) in [6.07, 6.45) is 2.45. The number of nitrogens with one attached hydrogen (secondary N) is 1. The Balaban J connectivity index is 1.96. The summed E-state index contributed by atoms with van der Waals surface area (Å²) >= 11 is 7.22. The highest BCUT2D eigenvalue weighted by molar-refractivity contribution is 7.99. The molecule has 0 bridgehead atoms. The Kier molecular flexibility index (Phi) is 4.82. The topological polar surface area (TPSA) is 59.1 Å². The van der Waals surface area contributed by atoms with E-state index in [1.165, 1.54) is 6.20 Å². The van der Waals surface area contributed by atoms with Crippen molar-refractivity contribution in [3.63, 3.8) is 0 Å². The number of rotatable bonds is 4. The molecule has 1 amide bonds. The lowest BCUT2D eigenvalue weighted by Crippen LogP contribution is -2.27. The molecule has 102 valence electrons. The van der Waals surface area contributed by atoms with Crippen molar-refractivity contribution in [1.82, 2.24) is 4.98 Å². The van der Waals surface area contributed by atoms with E-state index in [0.717, 1.165) is 17.9 Å². The van der Waals surface area contributed by atoms with Crippen molar-refractivity contribution in [3.8, 4) is 0 Å².